The summed E-state index contributed by atoms with van der Waals surface area (Å²) in [6.07, 6.45) is 5.13. The normalized spacial score (nSPS) is 10.1. The molecule has 5 heteroatoms. The standard InChI is InChI=1S/C11H12N2O3/c1-15-9-5-8(13-4-3-12-7-13)6-10(16-2)11(9)14/h3-7,14H,1-2H3. The zero-order valence-corrected chi connectivity index (χ0v) is 9.04. The van der Waals surface area contributed by atoms with Crippen molar-refractivity contribution in [1.82, 2.24) is 9.55 Å². The Morgan fingerprint density at radius 3 is 2.25 bits per heavy atom. The smallest absolute Gasteiger partial charge is 0.200 e. The lowest BCUT2D eigenvalue weighted by atomic mass is 10.2. The van der Waals surface area contributed by atoms with E-state index >= 15 is 0 Å². The molecular formula is C11H12N2O3. The number of aromatic nitrogens is 2. The maximum Gasteiger partial charge on any atom is 0.200 e. The Kier molecular flexibility index (Phi) is 2.68. The van der Waals surface area contributed by atoms with Crippen molar-refractivity contribution < 1.29 is 14.6 Å². The zero-order valence-electron chi connectivity index (χ0n) is 9.04. The fourth-order valence-electron chi connectivity index (χ4n) is 1.44. The average molecular weight is 220 g/mol. The van der Waals surface area contributed by atoms with Crippen molar-refractivity contribution in [3.05, 3.63) is 30.9 Å². The van der Waals surface area contributed by atoms with Crippen molar-refractivity contribution in [3.8, 4) is 22.9 Å². The third kappa shape index (κ3) is 1.67. The molecule has 0 aliphatic heterocycles. The summed E-state index contributed by atoms with van der Waals surface area (Å²) >= 11 is 0. The summed E-state index contributed by atoms with van der Waals surface area (Å²) in [4.78, 5) is 3.95. The van der Waals surface area contributed by atoms with E-state index in [2.05, 4.69) is 4.98 Å². The van der Waals surface area contributed by atoms with Gasteiger partial charge in [-0.25, -0.2) is 4.98 Å². The molecule has 0 aliphatic rings. The number of rotatable bonds is 3. The number of phenols is 1. The fraction of sp³-hybridized carbons (Fsp3) is 0.182. The molecule has 0 saturated heterocycles. The average Bonchev–Trinajstić information content (AvgIpc) is 2.83. The summed E-state index contributed by atoms with van der Waals surface area (Å²) in [5.41, 5.74) is 0.809. The molecule has 0 fully saturated rings. The number of phenolic OH excluding ortho intramolecular Hbond substituents is 1. The van der Waals surface area contributed by atoms with Crippen LogP contribution in [-0.4, -0.2) is 28.9 Å². The van der Waals surface area contributed by atoms with E-state index in [9.17, 15) is 5.11 Å². The predicted molar refractivity (Wildman–Crippen MR) is 58.3 cm³/mol. The van der Waals surface area contributed by atoms with Crippen LogP contribution in [-0.2, 0) is 0 Å². The SMILES string of the molecule is COc1cc(-n2ccnc2)cc(OC)c1O. The van der Waals surface area contributed by atoms with E-state index in [1.807, 2.05) is 0 Å². The molecule has 0 radical (unpaired) electrons. The molecule has 0 bridgehead atoms. The quantitative estimate of drug-likeness (QED) is 0.853. The first-order valence-corrected chi connectivity index (χ1v) is 4.69. The Labute approximate surface area is 92.9 Å². The van der Waals surface area contributed by atoms with Crippen molar-refractivity contribution in [2.75, 3.05) is 14.2 Å². The van der Waals surface area contributed by atoms with Gasteiger partial charge in [0.15, 0.2) is 11.5 Å². The first-order valence-electron chi connectivity index (χ1n) is 4.69. The van der Waals surface area contributed by atoms with Gasteiger partial charge < -0.3 is 19.1 Å². The maximum absolute atomic E-state index is 9.74. The van der Waals surface area contributed by atoms with Gasteiger partial charge in [0, 0.05) is 24.5 Å². The van der Waals surface area contributed by atoms with Crippen LogP contribution in [0.15, 0.2) is 30.9 Å². The number of aromatic hydroxyl groups is 1. The summed E-state index contributed by atoms with van der Waals surface area (Å²) in [6, 6.07) is 3.42. The van der Waals surface area contributed by atoms with Gasteiger partial charge in [-0.1, -0.05) is 0 Å². The number of nitrogens with zero attached hydrogens (tertiary/aromatic N) is 2. The van der Waals surface area contributed by atoms with E-state index in [-0.39, 0.29) is 5.75 Å². The highest BCUT2D eigenvalue weighted by Gasteiger charge is 2.11. The molecule has 0 spiro atoms. The van der Waals surface area contributed by atoms with Crippen LogP contribution in [0.3, 0.4) is 0 Å². The van der Waals surface area contributed by atoms with Gasteiger partial charge in [-0.05, 0) is 0 Å². The molecule has 1 aromatic carbocycles. The summed E-state index contributed by atoms with van der Waals surface area (Å²) in [6.45, 7) is 0. The molecule has 0 atom stereocenters. The third-order valence-electron chi connectivity index (χ3n) is 2.27. The van der Waals surface area contributed by atoms with Crippen LogP contribution < -0.4 is 9.47 Å². The lowest BCUT2D eigenvalue weighted by Crippen LogP contribution is -1.95. The molecule has 5 nitrogen and oxygen atoms in total. The minimum Gasteiger partial charge on any atom is -0.502 e. The molecule has 2 aromatic rings. The third-order valence-corrected chi connectivity index (χ3v) is 2.27. The highest BCUT2D eigenvalue weighted by Crippen LogP contribution is 2.38. The van der Waals surface area contributed by atoms with Crippen LogP contribution in [0, 0.1) is 0 Å². The second-order valence-corrected chi connectivity index (χ2v) is 3.17. The van der Waals surface area contributed by atoms with Gasteiger partial charge in [0.25, 0.3) is 0 Å². The highest BCUT2D eigenvalue weighted by atomic mass is 16.5. The van der Waals surface area contributed by atoms with Gasteiger partial charge in [0.2, 0.25) is 5.75 Å². The highest BCUT2D eigenvalue weighted by molar-refractivity contribution is 5.57. The number of hydrogen-bond acceptors (Lipinski definition) is 4. The summed E-state index contributed by atoms with van der Waals surface area (Å²) in [5, 5.41) is 9.74. The lowest BCUT2D eigenvalue weighted by molar-refractivity contribution is 0.339. The Hall–Kier alpha value is -2.17. The number of hydrogen-bond donors (Lipinski definition) is 1. The molecule has 0 saturated carbocycles. The number of imidazole rings is 1. The van der Waals surface area contributed by atoms with Gasteiger partial charge in [0.1, 0.15) is 0 Å². The molecule has 1 N–H and O–H groups in total. The van der Waals surface area contributed by atoms with Crippen LogP contribution >= 0.6 is 0 Å². The van der Waals surface area contributed by atoms with E-state index in [0.717, 1.165) is 5.69 Å². The van der Waals surface area contributed by atoms with Crippen LogP contribution in [0.25, 0.3) is 5.69 Å². The summed E-state index contributed by atoms with van der Waals surface area (Å²) < 4.78 is 11.9. The van der Waals surface area contributed by atoms with Gasteiger partial charge in [-0.2, -0.15) is 0 Å². The molecule has 0 amide bonds. The largest absolute Gasteiger partial charge is 0.502 e. The first-order chi connectivity index (χ1) is 7.76. The number of benzene rings is 1. The fourth-order valence-corrected chi connectivity index (χ4v) is 1.44. The van der Waals surface area contributed by atoms with Crippen LogP contribution in [0.2, 0.25) is 0 Å². The first kappa shape index (κ1) is 10.4. The number of methoxy groups -OCH3 is 2. The zero-order chi connectivity index (χ0) is 11.5. The van der Waals surface area contributed by atoms with E-state index in [1.54, 1.807) is 35.4 Å². The second kappa shape index (κ2) is 4.14. The van der Waals surface area contributed by atoms with E-state index in [0.29, 0.717) is 11.5 Å². The van der Waals surface area contributed by atoms with E-state index in [4.69, 9.17) is 9.47 Å². The molecule has 84 valence electrons. The monoisotopic (exact) mass is 220 g/mol. The van der Waals surface area contributed by atoms with Crippen molar-refractivity contribution in [1.29, 1.82) is 0 Å². The summed E-state index contributed by atoms with van der Waals surface area (Å²) in [5.74, 6) is 0.722. The van der Waals surface area contributed by atoms with Gasteiger partial charge in [-0.15, -0.1) is 0 Å². The Balaban J connectivity index is 2.56. The van der Waals surface area contributed by atoms with Crippen LogP contribution in [0.5, 0.6) is 17.2 Å². The van der Waals surface area contributed by atoms with Crippen molar-refractivity contribution >= 4 is 0 Å². The topological polar surface area (TPSA) is 56.5 Å². The Bertz CT molecular complexity index is 455. The van der Waals surface area contributed by atoms with Gasteiger partial charge in [-0.3, -0.25) is 0 Å². The molecule has 0 unspecified atom stereocenters. The molecule has 2 rings (SSSR count). The predicted octanol–water partition coefficient (Wildman–Crippen LogP) is 1.60. The minimum absolute atomic E-state index is 0.00568. The minimum atomic E-state index is -0.00568. The van der Waals surface area contributed by atoms with Gasteiger partial charge >= 0.3 is 0 Å². The lowest BCUT2D eigenvalue weighted by Gasteiger charge is -2.11. The van der Waals surface area contributed by atoms with Crippen molar-refractivity contribution in [3.63, 3.8) is 0 Å². The van der Waals surface area contributed by atoms with Crippen LogP contribution in [0.4, 0.5) is 0 Å². The maximum atomic E-state index is 9.74. The van der Waals surface area contributed by atoms with Crippen LogP contribution in [0.1, 0.15) is 0 Å². The molecule has 1 heterocycles. The molecule has 0 aliphatic carbocycles. The molecular weight excluding hydrogens is 208 g/mol. The van der Waals surface area contributed by atoms with Gasteiger partial charge in [0.05, 0.1) is 26.2 Å². The van der Waals surface area contributed by atoms with Crippen molar-refractivity contribution in [2.24, 2.45) is 0 Å². The summed E-state index contributed by atoms with van der Waals surface area (Å²) in [7, 11) is 2.98. The second-order valence-electron chi connectivity index (χ2n) is 3.17. The number of ether oxygens (including phenoxy) is 2. The van der Waals surface area contributed by atoms with Crippen molar-refractivity contribution in [2.45, 2.75) is 0 Å². The molecule has 1 aromatic heterocycles. The Morgan fingerprint density at radius 1 is 1.19 bits per heavy atom. The Morgan fingerprint density at radius 2 is 1.81 bits per heavy atom. The van der Waals surface area contributed by atoms with E-state index < -0.39 is 0 Å². The van der Waals surface area contributed by atoms with E-state index in [1.165, 1.54) is 14.2 Å². The molecule has 16 heavy (non-hydrogen) atoms.